The largest absolute Gasteiger partial charge is 0.376 e. The van der Waals surface area contributed by atoms with Gasteiger partial charge in [0.25, 0.3) is 0 Å². The fourth-order valence-electron chi connectivity index (χ4n) is 2.29. The average molecular weight is 198 g/mol. The predicted molar refractivity (Wildman–Crippen MR) is 60.7 cm³/mol. The third-order valence-corrected chi connectivity index (χ3v) is 3.17. The number of allylic oxidation sites excluding steroid dienone is 2. The second-order valence-corrected chi connectivity index (χ2v) is 4.18. The van der Waals surface area contributed by atoms with Gasteiger partial charge in [0, 0.05) is 11.8 Å². The van der Waals surface area contributed by atoms with Gasteiger partial charge in [0.1, 0.15) is 0 Å². The molecule has 0 spiro atoms. The van der Waals surface area contributed by atoms with Crippen LogP contribution < -0.4 is 0 Å². The highest BCUT2D eigenvalue weighted by molar-refractivity contribution is 5.36. The number of benzene rings is 1. The summed E-state index contributed by atoms with van der Waals surface area (Å²) in [6.07, 6.45) is 6.94. The zero-order valence-electron chi connectivity index (χ0n) is 8.60. The minimum Gasteiger partial charge on any atom is -0.376 e. The van der Waals surface area contributed by atoms with E-state index in [1.165, 1.54) is 11.1 Å². The zero-order valence-corrected chi connectivity index (χ0v) is 8.60. The number of ether oxygens (including phenoxy) is 1. The SMILES string of the molecule is C1=CC(c2ccccc2)C=C2COCC12. The average Bonchev–Trinajstić information content (AvgIpc) is 2.77. The molecule has 76 valence electrons. The minimum absolute atomic E-state index is 0.444. The summed E-state index contributed by atoms with van der Waals surface area (Å²) < 4.78 is 5.46. The molecule has 0 radical (unpaired) electrons. The van der Waals surface area contributed by atoms with Crippen LogP contribution in [-0.4, -0.2) is 13.2 Å². The number of hydrogen-bond acceptors (Lipinski definition) is 1. The number of rotatable bonds is 1. The van der Waals surface area contributed by atoms with Crippen molar-refractivity contribution < 1.29 is 4.74 Å². The maximum atomic E-state index is 5.46. The van der Waals surface area contributed by atoms with E-state index in [0.29, 0.717) is 11.8 Å². The fraction of sp³-hybridized carbons (Fsp3) is 0.286. The van der Waals surface area contributed by atoms with Crippen molar-refractivity contribution in [3.05, 3.63) is 59.7 Å². The molecule has 2 aliphatic rings. The second-order valence-electron chi connectivity index (χ2n) is 4.18. The summed E-state index contributed by atoms with van der Waals surface area (Å²) in [6, 6.07) is 10.6. The molecule has 1 aromatic carbocycles. The first-order valence-corrected chi connectivity index (χ1v) is 5.45. The van der Waals surface area contributed by atoms with E-state index >= 15 is 0 Å². The van der Waals surface area contributed by atoms with E-state index < -0.39 is 0 Å². The molecule has 3 rings (SSSR count). The maximum Gasteiger partial charge on any atom is 0.0684 e. The van der Waals surface area contributed by atoms with Crippen molar-refractivity contribution >= 4 is 0 Å². The molecule has 1 aromatic rings. The van der Waals surface area contributed by atoms with Gasteiger partial charge in [-0.05, 0) is 11.1 Å². The van der Waals surface area contributed by atoms with E-state index in [1.54, 1.807) is 0 Å². The van der Waals surface area contributed by atoms with Gasteiger partial charge in [0.15, 0.2) is 0 Å². The van der Waals surface area contributed by atoms with Gasteiger partial charge < -0.3 is 4.74 Å². The molecular weight excluding hydrogens is 184 g/mol. The van der Waals surface area contributed by atoms with Crippen molar-refractivity contribution in [2.45, 2.75) is 5.92 Å². The molecule has 2 unspecified atom stereocenters. The van der Waals surface area contributed by atoms with Crippen molar-refractivity contribution in [2.24, 2.45) is 5.92 Å². The zero-order chi connectivity index (χ0) is 10.1. The minimum atomic E-state index is 0.444. The van der Waals surface area contributed by atoms with Crippen LogP contribution in [0.4, 0.5) is 0 Å². The summed E-state index contributed by atoms with van der Waals surface area (Å²) in [5.41, 5.74) is 2.82. The molecule has 0 aromatic heterocycles. The third kappa shape index (κ3) is 1.64. The summed E-state index contributed by atoms with van der Waals surface area (Å²) in [5.74, 6) is 0.990. The molecule has 15 heavy (non-hydrogen) atoms. The fourth-order valence-corrected chi connectivity index (χ4v) is 2.29. The van der Waals surface area contributed by atoms with Crippen LogP contribution in [0, 0.1) is 5.92 Å². The predicted octanol–water partition coefficient (Wildman–Crippen LogP) is 2.91. The highest BCUT2D eigenvalue weighted by atomic mass is 16.5. The van der Waals surface area contributed by atoms with Crippen LogP contribution in [0.2, 0.25) is 0 Å². The van der Waals surface area contributed by atoms with E-state index in [9.17, 15) is 0 Å². The molecule has 1 heteroatoms. The van der Waals surface area contributed by atoms with Crippen LogP contribution in [0.1, 0.15) is 11.5 Å². The smallest absolute Gasteiger partial charge is 0.0684 e. The standard InChI is InChI=1S/C14H14O/c1-2-4-11(5-3-1)12-6-7-13-9-15-10-14(13)8-12/h1-8,12-13H,9-10H2. The molecule has 1 aliphatic heterocycles. The molecule has 0 amide bonds. The molecule has 0 bridgehead atoms. The Morgan fingerprint density at radius 3 is 2.80 bits per heavy atom. The van der Waals surface area contributed by atoms with Gasteiger partial charge in [-0.15, -0.1) is 0 Å². The first-order chi connectivity index (χ1) is 7.43. The van der Waals surface area contributed by atoms with Crippen molar-refractivity contribution in [1.29, 1.82) is 0 Å². The topological polar surface area (TPSA) is 9.23 Å². The van der Waals surface area contributed by atoms with Crippen LogP contribution >= 0.6 is 0 Å². The Kier molecular flexibility index (Phi) is 2.18. The first kappa shape index (κ1) is 8.93. The summed E-state index contributed by atoms with van der Waals surface area (Å²) in [7, 11) is 0. The molecule has 1 saturated heterocycles. The van der Waals surface area contributed by atoms with E-state index in [4.69, 9.17) is 4.74 Å². The van der Waals surface area contributed by atoms with E-state index in [1.807, 2.05) is 0 Å². The van der Waals surface area contributed by atoms with Crippen molar-refractivity contribution in [3.8, 4) is 0 Å². The Morgan fingerprint density at radius 2 is 1.93 bits per heavy atom. The maximum absolute atomic E-state index is 5.46. The summed E-state index contributed by atoms with van der Waals surface area (Å²) in [4.78, 5) is 0. The summed E-state index contributed by atoms with van der Waals surface area (Å²) in [6.45, 7) is 1.68. The summed E-state index contributed by atoms with van der Waals surface area (Å²) >= 11 is 0. The lowest BCUT2D eigenvalue weighted by atomic mass is 9.87. The van der Waals surface area contributed by atoms with Gasteiger partial charge in [0.05, 0.1) is 13.2 Å². The first-order valence-electron chi connectivity index (χ1n) is 5.45. The highest BCUT2D eigenvalue weighted by Crippen LogP contribution is 2.32. The van der Waals surface area contributed by atoms with Crippen LogP contribution in [-0.2, 0) is 4.74 Å². The Bertz CT molecular complexity index is 403. The molecule has 1 heterocycles. The van der Waals surface area contributed by atoms with E-state index in [2.05, 4.69) is 48.6 Å². The molecule has 1 nitrogen and oxygen atoms in total. The number of hydrogen-bond donors (Lipinski definition) is 0. The molecule has 1 fully saturated rings. The molecule has 1 aliphatic carbocycles. The Hall–Kier alpha value is -1.34. The van der Waals surface area contributed by atoms with Gasteiger partial charge in [-0.3, -0.25) is 0 Å². The van der Waals surface area contributed by atoms with E-state index in [0.717, 1.165) is 13.2 Å². The molecule has 0 saturated carbocycles. The van der Waals surface area contributed by atoms with Crippen molar-refractivity contribution in [2.75, 3.05) is 13.2 Å². The van der Waals surface area contributed by atoms with Gasteiger partial charge in [0.2, 0.25) is 0 Å². The van der Waals surface area contributed by atoms with Crippen molar-refractivity contribution in [3.63, 3.8) is 0 Å². The molecular formula is C14H14O. The number of fused-ring (bicyclic) bond motifs is 1. The Labute approximate surface area is 90.1 Å². The quantitative estimate of drug-likeness (QED) is 0.630. The van der Waals surface area contributed by atoms with Crippen LogP contribution in [0.3, 0.4) is 0 Å². The molecule has 0 N–H and O–H groups in total. The van der Waals surface area contributed by atoms with Gasteiger partial charge in [-0.2, -0.15) is 0 Å². The normalized spacial score (nSPS) is 28.7. The lowest BCUT2D eigenvalue weighted by Gasteiger charge is -2.17. The lowest BCUT2D eigenvalue weighted by molar-refractivity contribution is 0.195. The molecule has 2 atom stereocenters. The van der Waals surface area contributed by atoms with Crippen molar-refractivity contribution in [1.82, 2.24) is 0 Å². The van der Waals surface area contributed by atoms with Gasteiger partial charge in [-0.1, -0.05) is 48.6 Å². The van der Waals surface area contributed by atoms with Crippen LogP contribution in [0.15, 0.2) is 54.1 Å². The lowest BCUT2D eigenvalue weighted by Crippen LogP contribution is -2.06. The Morgan fingerprint density at radius 1 is 1.07 bits per heavy atom. The Balaban J connectivity index is 1.90. The third-order valence-electron chi connectivity index (χ3n) is 3.17. The van der Waals surface area contributed by atoms with Gasteiger partial charge in [-0.25, -0.2) is 0 Å². The van der Waals surface area contributed by atoms with E-state index in [-0.39, 0.29) is 0 Å². The summed E-state index contributed by atoms with van der Waals surface area (Å²) in [5, 5.41) is 0. The van der Waals surface area contributed by atoms with Gasteiger partial charge >= 0.3 is 0 Å². The van der Waals surface area contributed by atoms with Crippen LogP contribution in [0.5, 0.6) is 0 Å². The monoisotopic (exact) mass is 198 g/mol. The van der Waals surface area contributed by atoms with Crippen LogP contribution in [0.25, 0.3) is 0 Å². The second kappa shape index (κ2) is 3.67. The highest BCUT2D eigenvalue weighted by Gasteiger charge is 2.23.